The third kappa shape index (κ3) is 3.88. The number of benzene rings is 1. The molecule has 2 rings (SSSR count). The number of aromatic nitrogens is 1. The average Bonchev–Trinajstić information content (AvgIpc) is 3.02. The number of carbonyl (C=O) groups excluding carboxylic acids is 2. The first-order valence-electron chi connectivity index (χ1n) is 6.78. The lowest BCUT2D eigenvalue weighted by molar-refractivity contribution is -0.121. The lowest BCUT2D eigenvalue weighted by Crippen LogP contribution is -2.41. The molecule has 0 radical (unpaired) electrons. The second-order valence-corrected chi connectivity index (χ2v) is 5.30. The molecule has 1 aromatic heterocycles. The molecule has 0 fully saturated rings. The Labute approximate surface area is 127 Å². The minimum absolute atomic E-state index is 0.242. The molecule has 2 aromatic rings. The molecule has 6 heteroatoms. The predicted octanol–water partition coefficient (Wildman–Crippen LogP) is 2.54. The third-order valence-corrected chi connectivity index (χ3v) is 3.87. The Morgan fingerprint density at radius 3 is 2.48 bits per heavy atom. The summed E-state index contributed by atoms with van der Waals surface area (Å²) in [5.74, 6) is -0.654. The molecule has 0 bridgehead atoms. The number of hydrazine groups is 1. The highest BCUT2D eigenvalue weighted by Gasteiger charge is 2.12. The van der Waals surface area contributed by atoms with Gasteiger partial charge in [0.25, 0.3) is 5.91 Å². The van der Waals surface area contributed by atoms with E-state index in [1.54, 1.807) is 12.3 Å². The van der Waals surface area contributed by atoms with Crippen LogP contribution in [0.15, 0.2) is 29.6 Å². The summed E-state index contributed by atoms with van der Waals surface area (Å²) in [4.78, 5) is 27.2. The van der Waals surface area contributed by atoms with Crippen molar-refractivity contribution < 1.29 is 9.59 Å². The van der Waals surface area contributed by atoms with Crippen LogP contribution in [0.3, 0.4) is 0 Å². The van der Waals surface area contributed by atoms with Crippen LogP contribution in [0.4, 0.5) is 0 Å². The standard InChI is InChI=1S/C15H17N3O2S/c1-3-10-5-7-11(8-6-10)15-16-12(9-21-15)14(20)18-17-13(19)4-2/h5-9H,3-4H2,1-2H3,(H,17,19)(H,18,20). The van der Waals surface area contributed by atoms with Gasteiger partial charge < -0.3 is 0 Å². The number of nitrogens with zero attached hydrogens (tertiary/aromatic N) is 1. The first kappa shape index (κ1) is 15.2. The van der Waals surface area contributed by atoms with Crippen LogP contribution in [0.5, 0.6) is 0 Å². The maximum absolute atomic E-state index is 11.8. The minimum Gasteiger partial charge on any atom is -0.273 e. The van der Waals surface area contributed by atoms with Crippen molar-refractivity contribution >= 4 is 23.2 Å². The van der Waals surface area contributed by atoms with Crippen molar-refractivity contribution in [3.63, 3.8) is 0 Å². The van der Waals surface area contributed by atoms with E-state index in [1.165, 1.54) is 16.9 Å². The van der Waals surface area contributed by atoms with Gasteiger partial charge in [-0.15, -0.1) is 11.3 Å². The van der Waals surface area contributed by atoms with Crippen LogP contribution >= 0.6 is 11.3 Å². The van der Waals surface area contributed by atoms with Crippen molar-refractivity contribution in [2.75, 3.05) is 0 Å². The van der Waals surface area contributed by atoms with E-state index in [2.05, 4.69) is 34.9 Å². The van der Waals surface area contributed by atoms with E-state index in [1.807, 2.05) is 12.1 Å². The zero-order valence-electron chi connectivity index (χ0n) is 12.0. The van der Waals surface area contributed by atoms with Gasteiger partial charge in [-0.25, -0.2) is 4.98 Å². The Hall–Kier alpha value is -2.21. The Bertz CT molecular complexity index is 635. The van der Waals surface area contributed by atoms with Crippen molar-refractivity contribution in [3.05, 3.63) is 40.9 Å². The summed E-state index contributed by atoms with van der Waals surface area (Å²) in [5.41, 5.74) is 7.20. The quantitative estimate of drug-likeness (QED) is 0.853. The molecule has 5 nitrogen and oxygen atoms in total. The molecule has 0 saturated carbocycles. The molecule has 1 heterocycles. The smallest absolute Gasteiger partial charge is 0.273 e. The van der Waals surface area contributed by atoms with E-state index < -0.39 is 5.91 Å². The fourth-order valence-electron chi connectivity index (χ4n) is 1.67. The summed E-state index contributed by atoms with van der Waals surface area (Å²) >= 11 is 1.40. The molecular weight excluding hydrogens is 286 g/mol. The second-order valence-electron chi connectivity index (χ2n) is 4.44. The van der Waals surface area contributed by atoms with Crippen LogP contribution < -0.4 is 10.9 Å². The topological polar surface area (TPSA) is 71.1 Å². The molecule has 0 unspecified atom stereocenters. The number of thiazole rings is 1. The SMILES string of the molecule is CCC(=O)NNC(=O)c1csc(-c2ccc(CC)cc2)n1. The molecule has 2 amide bonds. The largest absolute Gasteiger partial charge is 0.289 e. The van der Waals surface area contributed by atoms with E-state index in [-0.39, 0.29) is 5.91 Å². The van der Waals surface area contributed by atoms with Gasteiger partial charge in [0.1, 0.15) is 10.7 Å². The molecule has 0 spiro atoms. The van der Waals surface area contributed by atoms with E-state index in [4.69, 9.17) is 0 Å². The first-order chi connectivity index (χ1) is 10.1. The van der Waals surface area contributed by atoms with E-state index in [0.29, 0.717) is 12.1 Å². The van der Waals surface area contributed by atoms with Crippen LogP contribution in [-0.2, 0) is 11.2 Å². The van der Waals surface area contributed by atoms with Crippen LogP contribution in [0.25, 0.3) is 10.6 Å². The molecule has 2 N–H and O–H groups in total. The summed E-state index contributed by atoms with van der Waals surface area (Å²) in [6.07, 6.45) is 1.30. The summed E-state index contributed by atoms with van der Waals surface area (Å²) in [7, 11) is 0. The summed E-state index contributed by atoms with van der Waals surface area (Å²) in [6, 6.07) is 8.10. The number of carbonyl (C=O) groups is 2. The van der Waals surface area contributed by atoms with Gasteiger partial charge in [-0.3, -0.25) is 20.4 Å². The highest BCUT2D eigenvalue weighted by molar-refractivity contribution is 7.13. The zero-order chi connectivity index (χ0) is 15.2. The zero-order valence-corrected chi connectivity index (χ0v) is 12.8. The van der Waals surface area contributed by atoms with Crippen LogP contribution in [0, 0.1) is 0 Å². The highest BCUT2D eigenvalue weighted by atomic mass is 32.1. The van der Waals surface area contributed by atoms with Crippen molar-refractivity contribution in [1.29, 1.82) is 0 Å². The molecule has 0 saturated heterocycles. The van der Waals surface area contributed by atoms with Gasteiger partial charge in [0.05, 0.1) is 0 Å². The number of hydrogen-bond donors (Lipinski definition) is 2. The van der Waals surface area contributed by atoms with Crippen LogP contribution in [0.1, 0.15) is 36.3 Å². The van der Waals surface area contributed by atoms with Crippen molar-refractivity contribution in [2.24, 2.45) is 0 Å². The normalized spacial score (nSPS) is 10.2. The molecule has 0 aliphatic heterocycles. The van der Waals surface area contributed by atoms with Crippen molar-refractivity contribution in [2.45, 2.75) is 26.7 Å². The van der Waals surface area contributed by atoms with Gasteiger partial charge in [-0.05, 0) is 12.0 Å². The van der Waals surface area contributed by atoms with Gasteiger partial charge in [0.2, 0.25) is 5.91 Å². The first-order valence-corrected chi connectivity index (χ1v) is 7.66. The summed E-state index contributed by atoms with van der Waals surface area (Å²) < 4.78 is 0. The van der Waals surface area contributed by atoms with E-state index in [9.17, 15) is 9.59 Å². The number of nitrogens with one attached hydrogen (secondary N) is 2. The van der Waals surface area contributed by atoms with Crippen molar-refractivity contribution in [1.82, 2.24) is 15.8 Å². The molecular formula is C15H17N3O2S. The Morgan fingerprint density at radius 2 is 1.86 bits per heavy atom. The summed E-state index contributed by atoms with van der Waals surface area (Å²) in [5, 5.41) is 2.46. The molecule has 1 aromatic carbocycles. The second kappa shape index (κ2) is 6.99. The van der Waals surface area contributed by atoms with Crippen molar-refractivity contribution in [3.8, 4) is 10.6 Å². The molecule has 110 valence electrons. The molecule has 0 atom stereocenters. The van der Waals surface area contributed by atoms with E-state index in [0.717, 1.165) is 17.0 Å². The van der Waals surface area contributed by atoms with Crippen LogP contribution in [0.2, 0.25) is 0 Å². The van der Waals surface area contributed by atoms with Gasteiger partial charge in [0, 0.05) is 17.4 Å². The number of amides is 2. The number of rotatable bonds is 4. The maximum atomic E-state index is 11.8. The highest BCUT2D eigenvalue weighted by Crippen LogP contribution is 2.24. The molecule has 21 heavy (non-hydrogen) atoms. The number of hydrogen-bond acceptors (Lipinski definition) is 4. The monoisotopic (exact) mass is 303 g/mol. The summed E-state index contributed by atoms with van der Waals surface area (Å²) in [6.45, 7) is 3.81. The fourth-order valence-corrected chi connectivity index (χ4v) is 2.48. The molecule has 0 aliphatic carbocycles. The maximum Gasteiger partial charge on any atom is 0.289 e. The van der Waals surface area contributed by atoms with Gasteiger partial charge in [-0.2, -0.15) is 0 Å². The Morgan fingerprint density at radius 1 is 1.14 bits per heavy atom. The van der Waals surface area contributed by atoms with Gasteiger partial charge in [0.15, 0.2) is 0 Å². The minimum atomic E-state index is -0.413. The number of aryl methyl sites for hydroxylation is 1. The average molecular weight is 303 g/mol. The lowest BCUT2D eigenvalue weighted by Gasteiger charge is -2.03. The van der Waals surface area contributed by atoms with Gasteiger partial charge >= 0.3 is 0 Å². The molecule has 0 aliphatic rings. The van der Waals surface area contributed by atoms with E-state index >= 15 is 0 Å². The lowest BCUT2D eigenvalue weighted by atomic mass is 10.1. The third-order valence-electron chi connectivity index (χ3n) is 2.98. The Kier molecular flexibility index (Phi) is 5.05. The predicted molar refractivity (Wildman–Crippen MR) is 82.8 cm³/mol. The van der Waals surface area contributed by atoms with Gasteiger partial charge in [-0.1, -0.05) is 38.1 Å². The Balaban J connectivity index is 2.06. The fraction of sp³-hybridized carbons (Fsp3) is 0.267. The van der Waals surface area contributed by atoms with Crippen LogP contribution in [-0.4, -0.2) is 16.8 Å².